The predicted molar refractivity (Wildman–Crippen MR) is 63.1 cm³/mol. The summed E-state index contributed by atoms with van der Waals surface area (Å²) in [6, 6.07) is 7.78. The molecule has 5 heteroatoms. The van der Waals surface area contributed by atoms with Gasteiger partial charge in [-0.05, 0) is 12.1 Å². The lowest BCUT2D eigenvalue weighted by molar-refractivity contribution is 0.406. The van der Waals surface area contributed by atoms with E-state index in [2.05, 4.69) is 17.7 Å². The van der Waals surface area contributed by atoms with Gasteiger partial charge in [0, 0.05) is 17.4 Å². The standard InChI is InChI=1S/C11H11FN2OS/c12-9-4-2-1-3-8(9)10-7-11(15)14(13-10)5-6-16/h1-4,7,15-16H,5-6H2. The molecule has 0 bridgehead atoms. The van der Waals surface area contributed by atoms with Crippen LogP contribution >= 0.6 is 12.6 Å². The van der Waals surface area contributed by atoms with Gasteiger partial charge in [0.2, 0.25) is 5.88 Å². The minimum atomic E-state index is -0.349. The van der Waals surface area contributed by atoms with Crippen molar-refractivity contribution < 1.29 is 9.50 Å². The van der Waals surface area contributed by atoms with Crippen molar-refractivity contribution >= 4 is 12.6 Å². The van der Waals surface area contributed by atoms with Crippen LogP contribution in [-0.4, -0.2) is 20.6 Å². The summed E-state index contributed by atoms with van der Waals surface area (Å²) < 4.78 is 14.9. The van der Waals surface area contributed by atoms with Gasteiger partial charge in [0.05, 0.1) is 12.2 Å². The molecular formula is C11H11FN2OS. The third-order valence-electron chi connectivity index (χ3n) is 2.22. The van der Waals surface area contributed by atoms with Gasteiger partial charge in [-0.1, -0.05) is 12.1 Å². The molecule has 0 atom stereocenters. The smallest absolute Gasteiger partial charge is 0.209 e. The zero-order chi connectivity index (χ0) is 11.5. The highest BCUT2D eigenvalue weighted by molar-refractivity contribution is 7.80. The largest absolute Gasteiger partial charge is 0.493 e. The first-order chi connectivity index (χ1) is 7.72. The second kappa shape index (κ2) is 4.57. The number of thiol groups is 1. The molecule has 84 valence electrons. The van der Waals surface area contributed by atoms with Crippen LogP contribution in [-0.2, 0) is 6.54 Å². The van der Waals surface area contributed by atoms with E-state index in [1.807, 2.05) is 0 Å². The Morgan fingerprint density at radius 3 is 2.81 bits per heavy atom. The Morgan fingerprint density at radius 1 is 1.38 bits per heavy atom. The highest BCUT2D eigenvalue weighted by Gasteiger charge is 2.11. The van der Waals surface area contributed by atoms with Gasteiger partial charge in [-0.25, -0.2) is 9.07 Å². The van der Waals surface area contributed by atoms with Crippen molar-refractivity contribution in [2.45, 2.75) is 6.54 Å². The molecular weight excluding hydrogens is 227 g/mol. The van der Waals surface area contributed by atoms with Crippen molar-refractivity contribution in [2.75, 3.05) is 5.75 Å². The Labute approximate surface area is 97.9 Å². The molecule has 1 aromatic carbocycles. The summed E-state index contributed by atoms with van der Waals surface area (Å²) in [5.74, 6) is 0.233. The van der Waals surface area contributed by atoms with Crippen molar-refractivity contribution in [1.29, 1.82) is 0 Å². The summed E-state index contributed by atoms with van der Waals surface area (Å²) in [7, 11) is 0. The van der Waals surface area contributed by atoms with Gasteiger partial charge < -0.3 is 5.11 Å². The van der Waals surface area contributed by atoms with E-state index in [0.29, 0.717) is 23.6 Å². The molecule has 0 fully saturated rings. The molecule has 0 saturated heterocycles. The van der Waals surface area contributed by atoms with E-state index in [-0.39, 0.29) is 11.7 Å². The number of aromatic hydroxyl groups is 1. The Bertz CT molecular complexity index is 498. The van der Waals surface area contributed by atoms with E-state index in [1.165, 1.54) is 16.8 Å². The normalized spacial score (nSPS) is 10.6. The molecule has 1 N–H and O–H groups in total. The maximum atomic E-state index is 13.5. The Hall–Kier alpha value is -1.49. The van der Waals surface area contributed by atoms with Crippen LogP contribution in [0.3, 0.4) is 0 Å². The molecule has 0 unspecified atom stereocenters. The number of aryl methyl sites for hydroxylation is 1. The molecule has 2 rings (SSSR count). The highest BCUT2D eigenvalue weighted by Crippen LogP contribution is 2.24. The van der Waals surface area contributed by atoms with Crippen LogP contribution in [0.15, 0.2) is 30.3 Å². The monoisotopic (exact) mass is 238 g/mol. The fourth-order valence-corrected chi connectivity index (χ4v) is 1.66. The molecule has 0 amide bonds. The van der Waals surface area contributed by atoms with Crippen LogP contribution in [0.1, 0.15) is 0 Å². The second-order valence-corrected chi connectivity index (χ2v) is 3.76. The van der Waals surface area contributed by atoms with Gasteiger partial charge in [-0.2, -0.15) is 17.7 Å². The number of hydrogen-bond donors (Lipinski definition) is 2. The molecule has 0 aliphatic heterocycles. The first-order valence-corrected chi connectivity index (χ1v) is 5.48. The minimum Gasteiger partial charge on any atom is -0.493 e. The molecule has 1 aromatic heterocycles. The number of benzene rings is 1. The maximum Gasteiger partial charge on any atom is 0.209 e. The third-order valence-corrected chi connectivity index (χ3v) is 2.42. The number of hydrogen-bond acceptors (Lipinski definition) is 3. The number of nitrogens with zero attached hydrogens (tertiary/aromatic N) is 2. The van der Waals surface area contributed by atoms with Gasteiger partial charge >= 0.3 is 0 Å². The average Bonchev–Trinajstić information content (AvgIpc) is 2.61. The zero-order valence-corrected chi connectivity index (χ0v) is 9.36. The Balaban J connectivity index is 2.42. The average molecular weight is 238 g/mol. The quantitative estimate of drug-likeness (QED) is 0.805. The van der Waals surface area contributed by atoms with Crippen molar-refractivity contribution in [3.8, 4) is 17.1 Å². The van der Waals surface area contributed by atoms with Gasteiger partial charge in [-0.3, -0.25) is 0 Å². The van der Waals surface area contributed by atoms with E-state index in [1.54, 1.807) is 18.2 Å². The van der Waals surface area contributed by atoms with Crippen LogP contribution in [0.4, 0.5) is 4.39 Å². The maximum absolute atomic E-state index is 13.5. The van der Waals surface area contributed by atoms with Gasteiger partial charge in [0.15, 0.2) is 0 Å². The molecule has 0 radical (unpaired) electrons. The first kappa shape index (κ1) is 11.0. The summed E-state index contributed by atoms with van der Waals surface area (Å²) in [6.07, 6.45) is 0. The second-order valence-electron chi connectivity index (χ2n) is 3.31. The third kappa shape index (κ3) is 2.04. The molecule has 2 aromatic rings. The Morgan fingerprint density at radius 2 is 2.12 bits per heavy atom. The van der Waals surface area contributed by atoms with Crippen LogP contribution in [0.2, 0.25) is 0 Å². The fraction of sp³-hybridized carbons (Fsp3) is 0.182. The summed E-state index contributed by atoms with van der Waals surface area (Å²) in [5, 5.41) is 13.7. The lowest BCUT2D eigenvalue weighted by Gasteiger charge is -1.99. The molecule has 3 nitrogen and oxygen atoms in total. The molecule has 16 heavy (non-hydrogen) atoms. The van der Waals surface area contributed by atoms with E-state index >= 15 is 0 Å². The first-order valence-electron chi connectivity index (χ1n) is 4.85. The SMILES string of the molecule is Oc1cc(-c2ccccc2F)nn1CCS. The highest BCUT2D eigenvalue weighted by atomic mass is 32.1. The van der Waals surface area contributed by atoms with E-state index < -0.39 is 0 Å². The van der Waals surface area contributed by atoms with E-state index in [9.17, 15) is 9.50 Å². The molecule has 0 aliphatic rings. The van der Waals surface area contributed by atoms with Crippen molar-refractivity contribution in [2.24, 2.45) is 0 Å². The summed E-state index contributed by atoms with van der Waals surface area (Å²) in [6.45, 7) is 0.489. The lowest BCUT2D eigenvalue weighted by Crippen LogP contribution is -2.00. The van der Waals surface area contributed by atoms with Crippen LogP contribution in [0.5, 0.6) is 5.88 Å². The summed E-state index contributed by atoms with van der Waals surface area (Å²) >= 11 is 4.05. The minimum absolute atomic E-state index is 0.0207. The van der Waals surface area contributed by atoms with Gasteiger partial charge in [0.25, 0.3) is 0 Å². The van der Waals surface area contributed by atoms with Gasteiger partial charge in [0.1, 0.15) is 5.82 Å². The van der Waals surface area contributed by atoms with Crippen LogP contribution < -0.4 is 0 Å². The van der Waals surface area contributed by atoms with E-state index in [4.69, 9.17) is 0 Å². The topological polar surface area (TPSA) is 38.1 Å². The van der Waals surface area contributed by atoms with Gasteiger partial charge in [-0.15, -0.1) is 0 Å². The van der Waals surface area contributed by atoms with Crippen LogP contribution in [0.25, 0.3) is 11.3 Å². The number of rotatable bonds is 3. The summed E-state index contributed by atoms with van der Waals surface area (Å²) in [4.78, 5) is 0. The lowest BCUT2D eigenvalue weighted by atomic mass is 10.1. The fourth-order valence-electron chi connectivity index (χ4n) is 1.47. The number of halogens is 1. The van der Waals surface area contributed by atoms with Crippen molar-refractivity contribution in [3.05, 3.63) is 36.1 Å². The molecule has 0 aliphatic carbocycles. The molecule has 1 heterocycles. The zero-order valence-electron chi connectivity index (χ0n) is 8.47. The van der Waals surface area contributed by atoms with Crippen LogP contribution in [0, 0.1) is 5.82 Å². The van der Waals surface area contributed by atoms with Crippen molar-refractivity contribution in [1.82, 2.24) is 9.78 Å². The summed E-state index contributed by atoms with van der Waals surface area (Å²) in [5.41, 5.74) is 0.813. The number of aromatic nitrogens is 2. The predicted octanol–water partition coefficient (Wildman–Crippen LogP) is 2.32. The molecule has 0 spiro atoms. The van der Waals surface area contributed by atoms with Crippen molar-refractivity contribution in [3.63, 3.8) is 0 Å². The Kier molecular flexibility index (Phi) is 3.14. The van der Waals surface area contributed by atoms with E-state index in [0.717, 1.165) is 0 Å². The molecule has 0 saturated carbocycles.